The zero-order valence-corrected chi connectivity index (χ0v) is 10.7. The topological polar surface area (TPSA) is 145 Å². The van der Waals surface area contributed by atoms with E-state index in [1.54, 1.807) is 0 Å². The van der Waals surface area contributed by atoms with Gasteiger partial charge in [0.15, 0.2) is 0 Å². The highest BCUT2D eigenvalue weighted by atomic mass is 32.2. The maximum absolute atomic E-state index is 10.9. The SMILES string of the molecule is N#CC(=CNc1ccc(S(=O)(=O)O)cc1)c1nn[nH]n1. The number of tetrazole rings is 1. The first-order valence-corrected chi connectivity index (χ1v) is 6.63. The van der Waals surface area contributed by atoms with Crippen LogP contribution in [0.3, 0.4) is 0 Å². The second kappa shape index (κ2) is 5.47. The molecule has 0 aliphatic carbocycles. The molecule has 20 heavy (non-hydrogen) atoms. The summed E-state index contributed by atoms with van der Waals surface area (Å²) in [7, 11) is -4.22. The molecule has 0 radical (unpaired) electrons. The summed E-state index contributed by atoms with van der Waals surface area (Å²) in [5.41, 5.74) is 0.672. The first kappa shape index (κ1) is 13.7. The first-order valence-electron chi connectivity index (χ1n) is 5.19. The van der Waals surface area contributed by atoms with E-state index in [1.807, 2.05) is 6.07 Å². The fourth-order valence-corrected chi connectivity index (χ4v) is 1.78. The lowest BCUT2D eigenvalue weighted by Gasteiger charge is -2.02. The van der Waals surface area contributed by atoms with Crippen LogP contribution in [0.5, 0.6) is 0 Å². The standard InChI is InChI=1S/C10H8N6O3S/c11-5-7(10-13-15-16-14-10)6-12-8-1-3-9(4-2-8)20(17,18)19/h1-4,6,12H,(H,17,18,19)(H,13,14,15,16). The molecule has 0 atom stereocenters. The summed E-state index contributed by atoms with van der Waals surface area (Å²) >= 11 is 0. The molecule has 10 heteroatoms. The molecule has 0 saturated carbocycles. The van der Waals surface area contributed by atoms with Crippen LogP contribution in [0.25, 0.3) is 5.57 Å². The number of rotatable bonds is 4. The minimum absolute atomic E-state index is 0.134. The molecular formula is C10H8N6O3S. The predicted molar refractivity (Wildman–Crippen MR) is 67.6 cm³/mol. The molecule has 0 saturated heterocycles. The van der Waals surface area contributed by atoms with Gasteiger partial charge in [-0.2, -0.15) is 18.9 Å². The summed E-state index contributed by atoms with van der Waals surface area (Å²) in [6, 6.07) is 7.21. The largest absolute Gasteiger partial charge is 0.360 e. The Labute approximate surface area is 113 Å². The number of allylic oxidation sites excluding steroid dienone is 1. The Bertz CT molecular complexity index is 758. The van der Waals surface area contributed by atoms with Crippen molar-refractivity contribution in [2.75, 3.05) is 5.32 Å². The van der Waals surface area contributed by atoms with E-state index in [4.69, 9.17) is 9.81 Å². The van der Waals surface area contributed by atoms with Crippen LogP contribution >= 0.6 is 0 Å². The Hall–Kier alpha value is -2.77. The Morgan fingerprint density at radius 1 is 1.40 bits per heavy atom. The van der Waals surface area contributed by atoms with Crippen LogP contribution in [0.2, 0.25) is 0 Å². The predicted octanol–water partition coefficient (Wildman–Crippen LogP) is 0.423. The highest BCUT2D eigenvalue weighted by Gasteiger charge is 2.08. The molecule has 0 amide bonds. The van der Waals surface area contributed by atoms with Crippen molar-refractivity contribution in [3.63, 3.8) is 0 Å². The zero-order chi connectivity index (χ0) is 14.6. The van der Waals surface area contributed by atoms with Gasteiger partial charge in [0, 0.05) is 11.9 Å². The van der Waals surface area contributed by atoms with E-state index in [0.29, 0.717) is 5.69 Å². The third-order valence-corrected chi connectivity index (χ3v) is 3.11. The van der Waals surface area contributed by atoms with Crippen molar-refractivity contribution in [2.45, 2.75) is 4.90 Å². The average molecular weight is 292 g/mol. The number of hydrogen-bond acceptors (Lipinski definition) is 7. The molecule has 1 aromatic carbocycles. The van der Waals surface area contributed by atoms with Gasteiger partial charge in [0.25, 0.3) is 10.1 Å². The first-order chi connectivity index (χ1) is 9.50. The highest BCUT2D eigenvalue weighted by molar-refractivity contribution is 7.85. The van der Waals surface area contributed by atoms with Crippen molar-refractivity contribution in [1.29, 1.82) is 5.26 Å². The fourth-order valence-electron chi connectivity index (χ4n) is 1.30. The van der Waals surface area contributed by atoms with E-state index >= 15 is 0 Å². The maximum atomic E-state index is 10.9. The molecule has 2 rings (SSSR count). The summed E-state index contributed by atoms with van der Waals surface area (Å²) in [5, 5.41) is 24.6. The van der Waals surface area contributed by atoms with Gasteiger partial charge >= 0.3 is 0 Å². The molecule has 3 N–H and O–H groups in total. The third-order valence-electron chi connectivity index (χ3n) is 2.24. The average Bonchev–Trinajstić information content (AvgIpc) is 2.93. The smallest absolute Gasteiger partial charge is 0.294 e. The van der Waals surface area contributed by atoms with Gasteiger partial charge in [-0.15, -0.1) is 10.2 Å². The lowest BCUT2D eigenvalue weighted by molar-refractivity contribution is 0.483. The van der Waals surface area contributed by atoms with Crippen molar-refractivity contribution in [1.82, 2.24) is 20.6 Å². The van der Waals surface area contributed by atoms with Gasteiger partial charge in [0.1, 0.15) is 11.6 Å². The molecule has 0 spiro atoms. The lowest BCUT2D eigenvalue weighted by Crippen LogP contribution is -1.98. The summed E-state index contributed by atoms with van der Waals surface area (Å²) in [6.45, 7) is 0. The zero-order valence-electron chi connectivity index (χ0n) is 9.85. The van der Waals surface area contributed by atoms with Crippen molar-refractivity contribution in [3.05, 3.63) is 36.3 Å². The quantitative estimate of drug-likeness (QED) is 0.543. The third kappa shape index (κ3) is 3.16. The van der Waals surface area contributed by atoms with Crippen LogP contribution in [0.15, 0.2) is 35.4 Å². The molecule has 0 aliphatic rings. The number of aromatic nitrogens is 4. The number of benzene rings is 1. The molecule has 9 nitrogen and oxygen atoms in total. The van der Waals surface area contributed by atoms with Crippen LogP contribution in [-0.4, -0.2) is 33.6 Å². The van der Waals surface area contributed by atoms with E-state index in [2.05, 4.69) is 25.9 Å². The Balaban J connectivity index is 2.17. The lowest BCUT2D eigenvalue weighted by atomic mass is 10.3. The van der Waals surface area contributed by atoms with Crippen LogP contribution < -0.4 is 5.32 Å². The van der Waals surface area contributed by atoms with E-state index < -0.39 is 10.1 Å². The normalized spacial score (nSPS) is 11.9. The van der Waals surface area contributed by atoms with E-state index in [9.17, 15) is 8.42 Å². The Morgan fingerprint density at radius 3 is 2.60 bits per heavy atom. The van der Waals surface area contributed by atoms with Gasteiger partial charge in [-0.1, -0.05) is 0 Å². The van der Waals surface area contributed by atoms with Crippen LogP contribution in [-0.2, 0) is 10.1 Å². The molecule has 2 aromatic rings. The number of nitrogens with zero attached hydrogens (tertiary/aromatic N) is 4. The minimum Gasteiger partial charge on any atom is -0.360 e. The molecule has 0 aliphatic heterocycles. The Kier molecular flexibility index (Phi) is 3.74. The maximum Gasteiger partial charge on any atom is 0.294 e. The number of anilines is 1. The van der Waals surface area contributed by atoms with Crippen molar-refractivity contribution < 1.29 is 13.0 Å². The fraction of sp³-hybridized carbons (Fsp3) is 0. The van der Waals surface area contributed by atoms with Crippen molar-refractivity contribution >= 4 is 21.4 Å². The van der Waals surface area contributed by atoms with Gasteiger partial charge in [0.05, 0.1) is 4.90 Å². The monoisotopic (exact) mass is 292 g/mol. The highest BCUT2D eigenvalue weighted by Crippen LogP contribution is 2.15. The number of H-pyrrole nitrogens is 1. The van der Waals surface area contributed by atoms with Crippen molar-refractivity contribution in [3.8, 4) is 6.07 Å². The molecule has 0 fully saturated rings. The number of hydrogen-bond donors (Lipinski definition) is 3. The molecule has 102 valence electrons. The van der Waals surface area contributed by atoms with Crippen LogP contribution in [0, 0.1) is 11.3 Å². The molecule has 0 unspecified atom stereocenters. The van der Waals surface area contributed by atoms with Gasteiger partial charge in [-0.3, -0.25) is 4.55 Å². The molecular weight excluding hydrogens is 284 g/mol. The van der Waals surface area contributed by atoms with E-state index in [-0.39, 0.29) is 16.3 Å². The van der Waals surface area contributed by atoms with Crippen LogP contribution in [0.1, 0.15) is 5.82 Å². The van der Waals surface area contributed by atoms with Gasteiger partial charge in [-0.25, -0.2) is 0 Å². The van der Waals surface area contributed by atoms with E-state index in [1.165, 1.54) is 30.5 Å². The summed E-state index contributed by atoms with van der Waals surface area (Å²) in [6.07, 6.45) is 1.35. The second-order valence-corrected chi connectivity index (χ2v) is 4.97. The second-order valence-electron chi connectivity index (χ2n) is 3.55. The Morgan fingerprint density at radius 2 is 2.10 bits per heavy atom. The number of nitrogens with one attached hydrogen (secondary N) is 2. The number of nitriles is 1. The summed E-state index contributed by atoms with van der Waals surface area (Å²) in [4.78, 5) is -0.217. The molecule has 1 aromatic heterocycles. The van der Waals surface area contributed by atoms with Crippen LogP contribution in [0.4, 0.5) is 5.69 Å². The molecule has 1 heterocycles. The van der Waals surface area contributed by atoms with Crippen molar-refractivity contribution in [2.24, 2.45) is 0 Å². The summed E-state index contributed by atoms with van der Waals surface area (Å²) in [5.74, 6) is 0.134. The van der Waals surface area contributed by atoms with E-state index in [0.717, 1.165) is 0 Å². The van der Waals surface area contributed by atoms with Gasteiger partial charge in [-0.05, 0) is 29.5 Å². The van der Waals surface area contributed by atoms with Gasteiger partial charge in [0.2, 0.25) is 5.82 Å². The minimum atomic E-state index is -4.22. The molecule has 0 bridgehead atoms. The summed E-state index contributed by atoms with van der Waals surface area (Å²) < 4.78 is 30.6. The van der Waals surface area contributed by atoms with Gasteiger partial charge < -0.3 is 5.32 Å². The number of aromatic amines is 1.